The van der Waals surface area contributed by atoms with E-state index in [1.54, 1.807) is 18.2 Å². The van der Waals surface area contributed by atoms with Gasteiger partial charge in [-0.3, -0.25) is 15.6 Å². The Labute approximate surface area is 165 Å². The van der Waals surface area contributed by atoms with Crippen LogP contribution in [-0.4, -0.2) is 23.7 Å². The zero-order valence-corrected chi connectivity index (χ0v) is 16.8. The van der Waals surface area contributed by atoms with Crippen LogP contribution in [-0.2, 0) is 6.61 Å². The molecule has 0 unspecified atom stereocenters. The number of nitrogens with one attached hydrogen (secondary N) is 3. The molecule has 0 bridgehead atoms. The quantitative estimate of drug-likeness (QED) is 0.541. The zero-order chi connectivity index (χ0) is 19.9. The predicted molar refractivity (Wildman–Crippen MR) is 110 cm³/mol. The SMILES string of the molecule is COc1cc(C(=O)NNC(=S)NC(C)(C)C)ccc1OCc1ccccc1. The van der Waals surface area contributed by atoms with Crippen LogP contribution < -0.4 is 25.6 Å². The van der Waals surface area contributed by atoms with Crippen LogP contribution in [0.5, 0.6) is 11.5 Å². The van der Waals surface area contributed by atoms with Gasteiger partial charge in [-0.25, -0.2) is 0 Å². The Morgan fingerprint density at radius 1 is 1.04 bits per heavy atom. The van der Waals surface area contributed by atoms with Crippen molar-refractivity contribution in [1.29, 1.82) is 0 Å². The smallest absolute Gasteiger partial charge is 0.269 e. The fraction of sp³-hybridized carbons (Fsp3) is 0.300. The molecule has 7 heteroatoms. The molecule has 0 aliphatic carbocycles. The molecule has 0 fully saturated rings. The van der Waals surface area contributed by atoms with Crippen LogP contribution in [0.2, 0.25) is 0 Å². The number of carbonyl (C=O) groups excluding carboxylic acids is 1. The highest BCUT2D eigenvalue weighted by molar-refractivity contribution is 7.80. The molecule has 0 heterocycles. The van der Waals surface area contributed by atoms with Gasteiger partial charge in [0.2, 0.25) is 0 Å². The summed E-state index contributed by atoms with van der Waals surface area (Å²) in [6, 6.07) is 14.8. The maximum absolute atomic E-state index is 12.3. The van der Waals surface area contributed by atoms with Gasteiger partial charge in [-0.1, -0.05) is 30.3 Å². The van der Waals surface area contributed by atoms with Crippen LogP contribution in [0.15, 0.2) is 48.5 Å². The normalized spacial score (nSPS) is 10.7. The number of thiocarbonyl (C=S) groups is 1. The van der Waals surface area contributed by atoms with E-state index in [0.29, 0.717) is 28.8 Å². The first-order valence-electron chi connectivity index (χ1n) is 8.52. The van der Waals surface area contributed by atoms with E-state index in [9.17, 15) is 4.79 Å². The number of carbonyl (C=O) groups is 1. The van der Waals surface area contributed by atoms with Gasteiger partial charge < -0.3 is 14.8 Å². The molecule has 0 radical (unpaired) electrons. The first-order valence-corrected chi connectivity index (χ1v) is 8.92. The number of hydrogen-bond donors (Lipinski definition) is 3. The number of hydrogen-bond acceptors (Lipinski definition) is 4. The van der Waals surface area contributed by atoms with E-state index in [-0.39, 0.29) is 11.4 Å². The Morgan fingerprint density at radius 2 is 1.74 bits per heavy atom. The third kappa shape index (κ3) is 6.79. The van der Waals surface area contributed by atoms with E-state index >= 15 is 0 Å². The van der Waals surface area contributed by atoms with Crippen molar-refractivity contribution in [3.63, 3.8) is 0 Å². The summed E-state index contributed by atoms with van der Waals surface area (Å²) in [6.45, 7) is 6.34. The third-order valence-electron chi connectivity index (χ3n) is 3.44. The maximum Gasteiger partial charge on any atom is 0.269 e. The summed E-state index contributed by atoms with van der Waals surface area (Å²) in [4.78, 5) is 12.3. The molecular weight excluding hydrogens is 362 g/mol. The molecule has 3 N–H and O–H groups in total. The fourth-order valence-electron chi connectivity index (χ4n) is 2.22. The van der Waals surface area contributed by atoms with Crippen LogP contribution >= 0.6 is 12.2 Å². The monoisotopic (exact) mass is 387 g/mol. The predicted octanol–water partition coefficient (Wildman–Crippen LogP) is 3.18. The minimum absolute atomic E-state index is 0.199. The van der Waals surface area contributed by atoms with Crippen molar-refractivity contribution in [2.45, 2.75) is 32.9 Å². The van der Waals surface area contributed by atoms with Gasteiger partial charge in [-0.15, -0.1) is 0 Å². The molecule has 0 atom stereocenters. The van der Waals surface area contributed by atoms with Gasteiger partial charge in [-0.2, -0.15) is 0 Å². The Morgan fingerprint density at radius 3 is 2.37 bits per heavy atom. The molecule has 2 rings (SSSR count). The lowest BCUT2D eigenvalue weighted by Gasteiger charge is -2.23. The van der Waals surface area contributed by atoms with Crippen LogP contribution in [0, 0.1) is 0 Å². The highest BCUT2D eigenvalue weighted by Gasteiger charge is 2.14. The van der Waals surface area contributed by atoms with Gasteiger partial charge in [0.15, 0.2) is 16.6 Å². The number of rotatable bonds is 5. The lowest BCUT2D eigenvalue weighted by molar-refractivity contribution is 0.0943. The number of methoxy groups -OCH3 is 1. The average Bonchev–Trinajstić information content (AvgIpc) is 2.63. The van der Waals surface area contributed by atoms with Crippen molar-refractivity contribution >= 4 is 23.2 Å². The highest BCUT2D eigenvalue weighted by Crippen LogP contribution is 2.28. The van der Waals surface area contributed by atoms with Gasteiger partial charge in [0.05, 0.1) is 7.11 Å². The molecule has 0 aliphatic heterocycles. The van der Waals surface area contributed by atoms with Gasteiger partial charge >= 0.3 is 0 Å². The Hall–Kier alpha value is -2.80. The Kier molecular flexibility index (Phi) is 7.01. The van der Waals surface area contributed by atoms with Crippen molar-refractivity contribution < 1.29 is 14.3 Å². The van der Waals surface area contributed by atoms with Crippen molar-refractivity contribution in [1.82, 2.24) is 16.2 Å². The highest BCUT2D eigenvalue weighted by atomic mass is 32.1. The summed E-state index contributed by atoms with van der Waals surface area (Å²) >= 11 is 5.14. The van der Waals surface area contributed by atoms with Crippen LogP contribution in [0.3, 0.4) is 0 Å². The maximum atomic E-state index is 12.3. The second-order valence-corrected chi connectivity index (χ2v) is 7.33. The molecule has 2 aromatic carbocycles. The first-order chi connectivity index (χ1) is 12.8. The van der Waals surface area contributed by atoms with Gasteiger partial charge in [0.1, 0.15) is 6.61 Å². The largest absolute Gasteiger partial charge is 0.493 e. The molecule has 27 heavy (non-hydrogen) atoms. The summed E-state index contributed by atoms with van der Waals surface area (Å²) in [6.07, 6.45) is 0. The van der Waals surface area contributed by atoms with E-state index in [1.807, 2.05) is 51.1 Å². The standard InChI is InChI=1S/C20H25N3O3S/c1-20(2,3)21-19(27)23-22-18(24)15-10-11-16(17(12-15)25-4)26-13-14-8-6-5-7-9-14/h5-12H,13H2,1-4H3,(H,22,24)(H2,21,23,27). The average molecular weight is 388 g/mol. The number of amides is 1. The molecule has 6 nitrogen and oxygen atoms in total. The van der Waals surface area contributed by atoms with Crippen molar-refractivity contribution in [3.8, 4) is 11.5 Å². The number of benzene rings is 2. The van der Waals surface area contributed by atoms with Crippen LogP contribution in [0.1, 0.15) is 36.7 Å². The summed E-state index contributed by atoms with van der Waals surface area (Å²) in [5.41, 5.74) is 6.52. The summed E-state index contributed by atoms with van der Waals surface area (Å²) in [5, 5.41) is 3.39. The van der Waals surface area contributed by atoms with Crippen molar-refractivity contribution in [2.75, 3.05) is 7.11 Å². The summed E-state index contributed by atoms with van der Waals surface area (Å²) in [7, 11) is 1.53. The van der Waals surface area contributed by atoms with E-state index in [2.05, 4.69) is 16.2 Å². The minimum Gasteiger partial charge on any atom is -0.493 e. The molecule has 144 valence electrons. The van der Waals surface area contributed by atoms with Gasteiger partial charge in [0.25, 0.3) is 5.91 Å². The van der Waals surface area contributed by atoms with E-state index in [0.717, 1.165) is 5.56 Å². The lowest BCUT2D eigenvalue weighted by Crippen LogP contribution is -2.52. The van der Waals surface area contributed by atoms with Crippen molar-refractivity contribution in [3.05, 3.63) is 59.7 Å². The molecule has 0 aliphatic rings. The van der Waals surface area contributed by atoms with E-state index in [4.69, 9.17) is 21.7 Å². The molecule has 2 aromatic rings. The summed E-state index contributed by atoms with van der Waals surface area (Å²) in [5.74, 6) is 0.714. The van der Waals surface area contributed by atoms with Crippen molar-refractivity contribution in [2.24, 2.45) is 0 Å². The summed E-state index contributed by atoms with van der Waals surface area (Å²) < 4.78 is 11.2. The van der Waals surface area contributed by atoms with Gasteiger partial charge in [0, 0.05) is 11.1 Å². The second-order valence-electron chi connectivity index (χ2n) is 6.92. The molecule has 1 amide bonds. The fourth-order valence-corrected chi connectivity index (χ4v) is 2.58. The van der Waals surface area contributed by atoms with Gasteiger partial charge in [-0.05, 0) is 56.8 Å². The lowest BCUT2D eigenvalue weighted by atomic mass is 10.1. The zero-order valence-electron chi connectivity index (χ0n) is 16.0. The molecule has 0 aromatic heterocycles. The molecule has 0 saturated carbocycles. The Balaban J connectivity index is 1.97. The minimum atomic E-state index is -0.332. The Bertz CT molecular complexity index is 789. The topological polar surface area (TPSA) is 71.6 Å². The first kappa shape index (κ1) is 20.5. The molecule has 0 saturated heterocycles. The molecule has 0 spiro atoms. The second kappa shape index (κ2) is 9.23. The molecular formula is C20H25N3O3S. The van der Waals surface area contributed by atoms with E-state index < -0.39 is 0 Å². The van der Waals surface area contributed by atoms with Crippen LogP contribution in [0.4, 0.5) is 0 Å². The van der Waals surface area contributed by atoms with Crippen LogP contribution in [0.25, 0.3) is 0 Å². The number of ether oxygens (including phenoxy) is 2. The third-order valence-corrected chi connectivity index (χ3v) is 3.65. The number of hydrazine groups is 1. The van der Waals surface area contributed by atoms with E-state index in [1.165, 1.54) is 7.11 Å².